The molecule has 1 heterocycles. The molecule has 1 aliphatic heterocycles. The second kappa shape index (κ2) is 3.88. The van der Waals surface area contributed by atoms with Crippen molar-refractivity contribution in [2.24, 2.45) is 10.7 Å². The van der Waals surface area contributed by atoms with Gasteiger partial charge in [-0.2, -0.15) is 0 Å². The molecule has 1 radical (unpaired) electrons. The number of alkyl halides is 1. The van der Waals surface area contributed by atoms with E-state index in [0.717, 1.165) is 0 Å². The van der Waals surface area contributed by atoms with Gasteiger partial charge in [-0.3, -0.25) is 0 Å². The Hall–Kier alpha value is -1.39. The second-order valence-corrected chi connectivity index (χ2v) is 3.98. The van der Waals surface area contributed by atoms with Gasteiger partial charge < -0.3 is 10.5 Å². The minimum Gasteiger partial charge on any atom is -0.462 e. The van der Waals surface area contributed by atoms with E-state index in [9.17, 15) is 8.78 Å². The van der Waals surface area contributed by atoms with Gasteiger partial charge in [0, 0.05) is 5.57 Å². The molecule has 3 nitrogen and oxygen atoms in total. The highest BCUT2D eigenvalue weighted by Gasteiger charge is 2.43. The van der Waals surface area contributed by atoms with Crippen LogP contribution in [0.1, 0.15) is 13.3 Å². The third-order valence-electron chi connectivity index (χ3n) is 2.85. The van der Waals surface area contributed by atoms with Crippen molar-refractivity contribution < 1.29 is 13.5 Å². The van der Waals surface area contributed by atoms with Crippen molar-refractivity contribution in [3.8, 4) is 0 Å². The van der Waals surface area contributed by atoms with E-state index in [1.54, 1.807) is 12.5 Å². The van der Waals surface area contributed by atoms with Crippen molar-refractivity contribution in [3.63, 3.8) is 0 Å². The molecule has 1 aliphatic carbocycles. The maximum absolute atomic E-state index is 13.8. The number of hydrogen-bond acceptors (Lipinski definition) is 3. The van der Waals surface area contributed by atoms with E-state index < -0.39 is 17.5 Å². The zero-order valence-electron chi connectivity index (χ0n) is 8.91. The second-order valence-electron chi connectivity index (χ2n) is 3.98. The van der Waals surface area contributed by atoms with Gasteiger partial charge in [-0.25, -0.2) is 13.8 Å². The van der Waals surface area contributed by atoms with Crippen LogP contribution < -0.4 is 5.73 Å². The molecule has 87 valence electrons. The third-order valence-corrected chi connectivity index (χ3v) is 2.85. The van der Waals surface area contributed by atoms with Gasteiger partial charge in [-0.05, 0) is 25.8 Å². The summed E-state index contributed by atoms with van der Waals surface area (Å²) in [6.45, 7) is 1.32. The van der Waals surface area contributed by atoms with Crippen LogP contribution in [0.25, 0.3) is 0 Å². The molecular weight excluding hydrogens is 214 g/mol. The van der Waals surface area contributed by atoms with Crippen molar-refractivity contribution in [1.82, 2.24) is 0 Å². The van der Waals surface area contributed by atoms with E-state index in [1.165, 1.54) is 13.0 Å². The zero-order chi connectivity index (χ0) is 11.8. The summed E-state index contributed by atoms with van der Waals surface area (Å²) in [6.07, 6.45) is 3.82. The van der Waals surface area contributed by atoms with Crippen molar-refractivity contribution in [2.45, 2.75) is 25.1 Å². The van der Waals surface area contributed by atoms with Crippen LogP contribution >= 0.6 is 0 Å². The Morgan fingerprint density at radius 3 is 3.06 bits per heavy atom. The van der Waals surface area contributed by atoms with Gasteiger partial charge in [0.05, 0.1) is 0 Å². The fraction of sp³-hybridized carbons (Fsp3) is 0.455. The molecule has 0 unspecified atom stereocenters. The molecular formula is C11H13F2N2O. The molecule has 2 N–H and O–H groups in total. The highest BCUT2D eigenvalue weighted by molar-refractivity contribution is 5.73. The number of ether oxygens (including phenoxy) is 1. The molecule has 0 saturated carbocycles. The maximum Gasteiger partial charge on any atom is 0.283 e. The summed E-state index contributed by atoms with van der Waals surface area (Å²) >= 11 is 0. The van der Waals surface area contributed by atoms with E-state index in [2.05, 4.69) is 4.99 Å². The molecule has 0 aromatic rings. The molecule has 0 spiro atoms. The molecule has 2 aliphatic rings. The molecule has 5 heteroatoms. The highest BCUT2D eigenvalue weighted by atomic mass is 19.1. The Kier molecular flexibility index (Phi) is 2.69. The molecule has 0 saturated heterocycles. The lowest BCUT2D eigenvalue weighted by molar-refractivity contribution is 0.111. The summed E-state index contributed by atoms with van der Waals surface area (Å²) in [5, 5.41) is 0. The predicted molar refractivity (Wildman–Crippen MR) is 57.1 cm³/mol. The smallest absolute Gasteiger partial charge is 0.283 e. The van der Waals surface area contributed by atoms with Gasteiger partial charge in [-0.1, -0.05) is 6.08 Å². The van der Waals surface area contributed by atoms with Crippen LogP contribution in [0.3, 0.4) is 0 Å². The minimum atomic E-state index is -1.41. The van der Waals surface area contributed by atoms with Crippen molar-refractivity contribution in [3.05, 3.63) is 30.0 Å². The number of amidine groups is 1. The summed E-state index contributed by atoms with van der Waals surface area (Å²) in [7, 11) is 0. The molecule has 2 atom stereocenters. The summed E-state index contributed by atoms with van der Waals surface area (Å²) in [4.78, 5) is 3.90. The molecule has 0 aromatic heterocycles. The van der Waals surface area contributed by atoms with Crippen LogP contribution in [0.2, 0.25) is 0 Å². The van der Waals surface area contributed by atoms with Gasteiger partial charge in [0.1, 0.15) is 18.0 Å². The maximum atomic E-state index is 13.8. The average molecular weight is 227 g/mol. The number of nitrogens with zero attached hydrogens (tertiary/aromatic N) is 1. The lowest BCUT2D eigenvalue weighted by Crippen LogP contribution is -2.47. The number of halogens is 2. The number of allylic oxidation sites excluding steroid dienone is 2. The molecule has 2 rings (SSSR count). The fourth-order valence-corrected chi connectivity index (χ4v) is 1.84. The topological polar surface area (TPSA) is 47.6 Å². The van der Waals surface area contributed by atoms with E-state index in [4.69, 9.17) is 10.5 Å². The highest BCUT2D eigenvalue weighted by Crippen LogP contribution is 2.37. The average Bonchev–Trinajstić information content (AvgIpc) is 2.24. The van der Waals surface area contributed by atoms with Gasteiger partial charge in [-0.15, -0.1) is 0 Å². The molecule has 0 fully saturated rings. The summed E-state index contributed by atoms with van der Waals surface area (Å²) in [6, 6.07) is -0.101. The Balaban J connectivity index is 2.40. The van der Waals surface area contributed by atoms with Gasteiger partial charge in [0.2, 0.25) is 0 Å². The molecule has 0 bridgehead atoms. The van der Waals surface area contributed by atoms with Crippen molar-refractivity contribution in [2.75, 3.05) is 6.61 Å². The Morgan fingerprint density at radius 2 is 2.38 bits per heavy atom. The van der Waals surface area contributed by atoms with Gasteiger partial charge in [0.15, 0.2) is 6.17 Å². The monoisotopic (exact) mass is 227 g/mol. The van der Waals surface area contributed by atoms with Crippen LogP contribution in [0.15, 0.2) is 28.5 Å². The fourth-order valence-electron chi connectivity index (χ4n) is 1.84. The standard InChI is InChI=1S/C11H13F2N2O/c1-11(7-4-2-3-5-8(7)12)9(13)6-16-10(14)15-11/h2,4-5,9H,3,6H2,1H3,(H2,14,15)/t9-,11+/m0/s1. The Labute approximate surface area is 92.7 Å². The lowest BCUT2D eigenvalue weighted by atomic mass is 9.83. The summed E-state index contributed by atoms with van der Waals surface area (Å²) in [5.74, 6) is -0.439. The van der Waals surface area contributed by atoms with E-state index >= 15 is 0 Å². The summed E-state index contributed by atoms with van der Waals surface area (Å²) < 4.78 is 32.2. The normalized spacial score (nSPS) is 34.7. The Morgan fingerprint density at radius 1 is 1.62 bits per heavy atom. The third kappa shape index (κ3) is 1.70. The SMILES string of the molecule is C[C@]1(C2=C[CH]CC=C2F)N=C(N)OC[C@@H]1F. The van der Waals surface area contributed by atoms with Gasteiger partial charge >= 0.3 is 0 Å². The number of hydrogen-bond donors (Lipinski definition) is 1. The van der Waals surface area contributed by atoms with Crippen LogP contribution in [0, 0.1) is 6.42 Å². The van der Waals surface area contributed by atoms with Crippen molar-refractivity contribution in [1.29, 1.82) is 0 Å². The van der Waals surface area contributed by atoms with Crippen LogP contribution in [-0.2, 0) is 4.74 Å². The number of aliphatic imine (C=N–C) groups is 1. The summed E-state index contributed by atoms with van der Waals surface area (Å²) in [5.41, 5.74) is 4.33. The largest absolute Gasteiger partial charge is 0.462 e. The predicted octanol–water partition coefficient (Wildman–Crippen LogP) is 1.82. The first kappa shape index (κ1) is 11.1. The van der Waals surface area contributed by atoms with E-state index in [-0.39, 0.29) is 18.2 Å². The molecule has 0 aromatic carbocycles. The van der Waals surface area contributed by atoms with Crippen LogP contribution in [-0.4, -0.2) is 24.3 Å². The van der Waals surface area contributed by atoms with E-state index in [1.807, 2.05) is 0 Å². The first-order valence-corrected chi connectivity index (χ1v) is 5.06. The van der Waals surface area contributed by atoms with Gasteiger partial charge in [0.25, 0.3) is 6.02 Å². The molecule has 16 heavy (non-hydrogen) atoms. The quantitative estimate of drug-likeness (QED) is 0.742. The minimum absolute atomic E-state index is 0.101. The number of rotatable bonds is 1. The first-order chi connectivity index (χ1) is 7.54. The zero-order valence-corrected chi connectivity index (χ0v) is 8.91. The van der Waals surface area contributed by atoms with Crippen LogP contribution in [0.5, 0.6) is 0 Å². The van der Waals surface area contributed by atoms with Crippen LogP contribution in [0.4, 0.5) is 8.78 Å². The van der Waals surface area contributed by atoms with E-state index in [0.29, 0.717) is 6.42 Å². The first-order valence-electron chi connectivity index (χ1n) is 5.06. The number of nitrogens with two attached hydrogens (primary N) is 1. The molecule has 0 amide bonds. The lowest BCUT2D eigenvalue weighted by Gasteiger charge is -2.35. The Bertz CT molecular complexity index is 389. The van der Waals surface area contributed by atoms with Crippen molar-refractivity contribution >= 4 is 6.02 Å².